The van der Waals surface area contributed by atoms with E-state index in [1.807, 2.05) is 97.9 Å². The minimum absolute atomic E-state index is 0.0444. The SMILES string of the molecule is Cc1ncsc1CCN1C(=O)C2C(c3ccc(/C=C/c4ccccc4)cc3)NC(Cc3c[nH]c4ccccc34)(C(=O)O)C2C1=O. The van der Waals surface area contributed by atoms with Gasteiger partial charge in [-0.1, -0.05) is 84.9 Å². The summed E-state index contributed by atoms with van der Waals surface area (Å²) in [5.74, 6) is -3.84. The Morgan fingerprint density at radius 3 is 2.40 bits per heavy atom. The second-order valence-corrected chi connectivity index (χ2v) is 12.7. The molecular formula is C36H32N4O4S. The topological polar surface area (TPSA) is 115 Å². The average molecular weight is 617 g/mol. The molecule has 9 heteroatoms. The van der Waals surface area contributed by atoms with E-state index in [0.717, 1.165) is 43.7 Å². The third-order valence-electron chi connectivity index (χ3n) is 9.24. The number of H-pyrrole nitrogens is 1. The van der Waals surface area contributed by atoms with Gasteiger partial charge < -0.3 is 10.1 Å². The minimum atomic E-state index is -1.69. The molecule has 2 amide bonds. The molecule has 3 N–H and O–H groups in total. The highest BCUT2D eigenvalue weighted by Gasteiger charge is 2.68. The third kappa shape index (κ3) is 5.08. The molecule has 0 saturated carbocycles. The maximum absolute atomic E-state index is 14.2. The van der Waals surface area contributed by atoms with Crippen molar-refractivity contribution in [1.82, 2.24) is 20.2 Å². The van der Waals surface area contributed by atoms with Gasteiger partial charge in [0, 0.05) is 47.4 Å². The summed E-state index contributed by atoms with van der Waals surface area (Å²) in [5.41, 5.74) is 5.42. The summed E-state index contributed by atoms with van der Waals surface area (Å²) in [4.78, 5) is 51.5. The predicted octanol–water partition coefficient (Wildman–Crippen LogP) is 5.66. The van der Waals surface area contributed by atoms with Crippen molar-refractivity contribution in [3.05, 3.63) is 123 Å². The van der Waals surface area contributed by atoms with Crippen molar-refractivity contribution < 1.29 is 19.5 Å². The largest absolute Gasteiger partial charge is 0.480 e. The van der Waals surface area contributed by atoms with Crippen molar-refractivity contribution in [1.29, 1.82) is 0 Å². The zero-order valence-electron chi connectivity index (χ0n) is 24.6. The highest BCUT2D eigenvalue weighted by Crippen LogP contribution is 2.50. The number of benzene rings is 3. The summed E-state index contributed by atoms with van der Waals surface area (Å²) in [6.07, 6.45) is 6.37. The van der Waals surface area contributed by atoms with Crippen LogP contribution in [0, 0.1) is 18.8 Å². The second-order valence-electron chi connectivity index (χ2n) is 11.8. The van der Waals surface area contributed by atoms with E-state index in [2.05, 4.69) is 15.3 Å². The lowest BCUT2D eigenvalue weighted by Gasteiger charge is -2.31. The van der Waals surface area contributed by atoms with E-state index in [9.17, 15) is 19.5 Å². The predicted molar refractivity (Wildman–Crippen MR) is 174 cm³/mol. The molecule has 2 saturated heterocycles. The van der Waals surface area contributed by atoms with Gasteiger partial charge in [-0.05, 0) is 35.2 Å². The molecule has 45 heavy (non-hydrogen) atoms. The Kier molecular flexibility index (Phi) is 7.43. The lowest BCUT2D eigenvalue weighted by molar-refractivity contribution is -0.151. The lowest BCUT2D eigenvalue weighted by Crippen LogP contribution is -2.57. The van der Waals surface area contributed by atoms with E-state index >= 15 is 0 Å². The number of nitrogens with zero attached hydrogens (tertiary/aromatic N) is 2. The van der Waals surface area contributed by atoms with Gasteiger partial charge in [0.1, 0.15) is 5.54 Å². The van der Waals surface area contributed by atoms with Crippen LogP contribution in [-0.4, -0.2) is 49.8 Å². The highest BCUT2D eigenvalue weighted by molar-refractivity contribution is 7.09. The number of thiazole rings is 1. The van der Waals surface area contributed by atoms with Gasteiger partial charge in [-0.25, -0.2) is 4.98 Å². The molecule has 7 rings (SSSR count). The quantitative estimate of drug-likeness (QED) is 0.146. The van der Waals surface area contributed by atoms with Crippen molar-refractivity contribution in [3.63, 3.8) is 0 Å². The fraction of sp³-hybridized carbons (Fsp3) is 0.222. The number of likely N-dealkylation sites (tertiary alicyclic amines) is 1. The molecule has 8 nitrogen and oxygen atoms in total. The summed E-state index contributed by atoms with van der Waals surface area (Å²) < 4.78 is 0. The lowest BCUT2D eigenvalue weighted by atomic mass is 9.76. The molecule has 0 spiro atoms. The van der Waals surface area contributed by atoms with Crippen molar-refractivity contribution >= 4 is 52.2 Å². The van der Waals surface area contributed by atoms with Crippen molar-refractivity contribution in [2.45, 2.75) is 31.3 Å². The van der Waals surface area contributed by atoms with E-state index < -0.39 is 35.3 Å². The number of hydrogen-bond acceptors (Lipinski definition) is 6. The number of imide groups is 1. The Hall–Kier alpha value is -4.86. The first kappa shape index (κ1) is 28.9. The van der Waals surface area contributed by atoms with E-state index in [-0.39, 0.29) is 18.9 Å². The number of para-hydroxylation sites is 1. The molecule has 0 radical (unpaired) electrons. The van der Waals surface area contributed by atoms with Crippen LogP contribution in [0.5, 0.6) is 0 Å². The maximum atomic E-state index is 14.2. The second kappa shape index (κ2) is 11.6. The van der Waals surface area contributed by atoms with Gasteiger partial charge in [-0.2, -0.15) is 0 Å². The molecule has 5 aromatic rings. The van der Waals surface area contributed by atoms with E-state index in [0.29, 0.717) is 6.42 Å². The molecule has 4 unspecified atom stereocenters. The number of aromatic amines is 1. The number of hydrogen-bond donors (Lipinski definition) is 3. The Balaban J connectivity index is 1.25. The van der Waals surface area contributed by atoms with E-state index in [1.54, 1.807) is 11.7 Å². The first-order valence-corrected chi connectivity index (χ1v) is 15.9. The molecule has 226 valence electrons. The van der Waals surface area contributed by atoms with Crippen LogP contribution in [-0.2, 0) is 27.2 Å². The first-order chi connectivity index (χ1) is 21.9. The maximum Gasteiger partial charge on any atom is 0.325 e. The number of aromatic nitrogens is 2. The highest BCUT2D eigenvalue weighted by atomic mass is 32.1. The van der Waals surface area contributed by atoms with Crippen molar-refractivity contribution in [3.8, 4) is 0 Å². The number of amides is 2. The summed E-state index contributed by atoms with van der Waals surface area (Å²) in [6, 6.07) is 24.8. The van der Waals surface area contributed by atoms with Gasteiger partial charge in [-0.15, -0.1) is 11.3 Å². The molecule has 2 aromatic heterocycles. The zero-order valence-corrected chi connectivity index (χ0v) is 25.5. The number of aryl methyl sites for hydroxylation is 1. The molecule has 0 bridgehead atoms. The molecule has 0 aliphatic carbocycles. The van der Waals surface area contributed by atoms with Gasteiger partial charge in [0.15, 0.2) is 0 Å². The van der Waals surface area contributed by atoms with Crippen LogP contribution in [0.4, 0.5) is 0 Å². The Morgan fingerprint density at radius 2 is 1.69 bits per heavy atom. The first-order valence-electron chi connectivity index (χ1n) is 15.0. The zero-order chi connectivity index (χ0) is 31.1. The summed E-state index contributed by atoms with van der Waals surface area (Å²) in [5, 5.41) is 15.2. The molecular weight excluding hydrogens is 584 g/mol. The molecule has 4 heterocycles. The minimum Gasteiger partial charge on any atom is -0.480 e. The number of carbonyl (C=O) groups is 3. The summed E-state index contributed by atoms with van der Waals surface area (Å²) in [7, 11) is 0. The molecule has 2 aliphatic rings. The van der Waals surface area contributed by atoms with Crippen LogP contribution in [0.25, 0.3) is 23.1 Å². The van der Waals surface area contributed by atoms with Crippen molar-refractivity contribution in [2.75, 3.05) is 6.54 Å². The third-order valence-corrected chi connectivity index (χ3v) is 10.2. The monoisotopic (exact) mass is 616 g/mol. The molecule has 2 aliphatic heterocycles. The van der Waals surface area contributed by atoms with Crippen LogP contribution in [0.3, 0.4) is 0 Å². The van der Waals surface area contributed by atoms with Crippen LogP contribution in [0.1, 0.15) is 38.9 Å². The smallest absolute Gasteiger partial charge is 0.325 e. The number of fused-ring (bicyclic) bond motifs is 2. The van der Waals surface area contributed by atoms with E-state index in [1.165, 1.54) is 16.2 Å². The van der Waals surface area contributed by atoms with Gasteiger partial charge in [0.05, 0.1) is 23.0 Å². The Morgan fingerprint density at radius 1 is 0.978 bits per heavy atom. The van der Waals surface area contributed by atoms with Gasteiger partial charge in [0.2, 0.25) is 11.8 Å². The van der Waals surface area contributed by atoms with Gasteiger partial charge >= 0.3 is 5.97 Å². The molecule has 3 aromatic carbocycles. The normalized spacial score (nSPS) is 23.0. The van der Waals surface area contributed by atoms with Gasteiger partial charge in [-0.3, -0.25) is 24.6 Å². The number of rotatable bonds is 9. The van der Waals surface area contributed by atoms with E-state index in [4.69, 9.17) is 0 Å². The summed E-state index contributed by atoms with van der Waals surface area (Å²) in [6.45, 7) is 2.09. The summed E-state index contributed by atoms with van der Waals surface area (Å²) >= 11 is 1.49. The average Bonchev–Trinajstić information content (AvgIpc) is 3.81. The van der Waals surface area contributed by atoms with Crippen LogP contribution < -0.4 is 5.32 Å². The number of carbonyl (C=O) groups excluding carboxylic acids is 2. The van der Waals surface area contributed by atoms with Crippen LogP contribution >= 0.6 is 11.3 Å². The number of carboxylic acids is 1. The van der Waals surface area contributed by atoms with Crippen LogP contribution in [0.2, 0.25) is 0 Å². The molecule has 4 atom stereocenters. The Bertz CT molecular complexity index is 1930. The fourth-order valence-corrected chi connectivity index (χ4v) is 7.70. The van der Waals surface area contributed by atoms with Crippen molar-refractivity contribution in [2.24, 2.45) is 11.8 Å². The fourth-order valence-electron chi connectivity index (χ4n) is 6.93. The standard InChI is InChI=1S/C36H32N4O4S/c1-22-29(45-21-38-22)17-18-40-33(41)30-31(34(40)42)36(35(43)44,19-26-20-37-28-10-6-5-9-27(26)28)39-32(30)25-15-13-24(14-16-25)12-11-23-7-3-2-4-8-23/h2-16,20-21,30-32,37,39H,17-19H2,1H3,(H,43,44)/b12-11+. The Labute approximate surface area is 264 Å². The molecule has 2 fully saturated rings. The van der Waals surface area contributed by atoms with Gasteiger partial charge in [0.25, 0.3) is 0 Å². The number of nitrogens with one attached hydrogen (secondary N) is 2. The van der Waals surface area contributed by atoms with Crippen LogP contribution in [0.15, 0.2) is 90.6 Å². The number of carboxylic acid groups (broad SMARTS) is 1. The number of aliphatic carboxylic acids is 1.